The first-order valence-electron chi connectivity index (χ1n) is 27.1. The Morgan fingerprint density at radius 1 is 0.478 bits per heavy atom. The van der Waals surface area contributed by atoms with Crippen molar-refractivity contribution in [3.63, 3.8) is 0 Å². The predicted molar refractivity (Wildman–Crippen MR) is 284 cm³/mol. The molecular weight excluding hydrogens is 835 g/mol. The van der Waals surface area contributed by atoms with Crippen molar-refractivity contribution < 1.29 is 38.2 Å². The highest BCUT2D eigenvalue weighted by Crippen LogP contribution is 2.15. The maximum Gasteiger partial charge on any atom is 0.362 e. The van der Waals surface area contributed by atoms with E-state index in [0.717, 1.165) is 77.0 Å². The van der Waals surface area contributed by atoms with Crippen LogP contribution in [0.5, 0.6) is 0 Å². The van der Waals surface area contributed by atoms with E-state index >= 15 is 0 Å². The van der Waals surface area contributed by atoms with Gasteiger partial charge >= 0.3 is 17.9 Å². The molecule has 2 unspecified atom stereocenters. The number of allylic oxidation sites excluding steroid dienone is 14. The molecule has 384 valence electrons. The third kappa shape index (κ3) is 47.4. The number of hydrogen-bond acceptors (Lipinski definition) is 6. The van der Waals surface area contributed by atoms with Gasteiger partial charge in [-0.2, -0.15) is 0 Å². The summed E-state index contributed by atoms with van der Waals surface area (Å²) in [6.45, 7) is 4.60. The molecule has 0 saturated heterocycles. The Hall–Kier alpha value is -3.49. The first kappa shape index (κ1) is 63.5. The fourth-order valence-electron chi connectivity index (χ4n) is 7.64. The van der Waals surface area contributed by atoms with E-state index in [9.17, 15) is 19.5 Å². The van der Waals surface area contributed by atoms with Crippen LogP contribution in [0.2, 0.25) is 0 Å². The molecule has 0 rings (SSSR count). The monoisotopic (exact) mass is 937 g/mol. The van der Waals surface area contributed by atoms with Crippen molar-refractivity contribution in [2.75, 3.05) is 41.0 Å². The molecule has 0 bridgehead atoms. The first-order valence-corrected chi connectivity index (χ1v) is 27.1. The number of ether oxygens (including phenoxy) is 3. The molecule has 0 amide bonds. The maximum atomic E-state index is 12.8. The van der Waals surface area contributed by atoms with Crippen LogP contribution in [0.15, 0.2) is 85.1 Å². The summed E-state index contributed by atoms with van der Waals surface area (Å²) in [7, 11) is 5.53. The van der Waals surface area contributed by atoms with E-state index in [-0.39, 0.29) is 36.2 Å². The molecule has 0 heterocycles. The molecule has 0 radical (unpaired) electrons. The van der Waals surface area contributed by atoms with Gasteiger partial charge in [0.2, 0.25) is 0 Å². The van der Waals surface area contributed by atoms with Crippen LogP contribution in [-0.2, 0) is 28.6 Å². The van der Waals surface area contributed by atoms with Crippen LogP contribution in [0.25, 0.3) is 0 Å². The average molecular weight is 937 g/mol. The molecule has 0 spiro atoms. The highest BCUT2D eigenvalue weighted by atomic mass is 16.6. The molecule has 0 aromatic heterocycles. The minimum absolute atomic E-state index is 0.0525. The van der Waals surface area contributed by atoms with Crippen LogP contribution >= 0.6 is 0 Å². The van der Waals surface area contributed by atoms with Crippen LogP contribution in [0, 0.1) is 0 Å². The molecule has 0 fully saturated rings. The van der Waals surface area contributed by atoms with Gasteiger partial charge in [-0.25, -0.2) is 4.79 Å². The maximum absolute atomic E-state index is 12.8. The Balaban J connectivity index is 4.25. The van der Waals surface area contributed by atoms with Gasteiger partial charge in [0.15, 0.2) is 12.1 Å². The summed E-state index contributed by atoms with van der Waals surface area (Å²) in [5.41, 5.74) is 0. The van der Waals surface area contributed by atoms with E-state index < -0.39 is 18.1 Å². The second-order valence-corrected chi connectivity index (χ2v) is 19.1. The Bertz CT molecular complexity index is 1370. The first-order chi connectivity index (χ1) is 32.6. The standard InChI is InChI=1S/C59H101NO7/c1-6-8-10-12-14-16-18-20-22-24-26-28-29-30-32-33-35-37-39-41-43-45-47-49-57(61)66-54-55(53-65-52-51-56(59(63)64)60(3,4)5)67-58(62)50-48-46-44-42-40-38-36-34-31-27-25-23-21-19-17-15-13-11-9-7-2/h8,10,14,16-17,19-23,26,28,30,32,55-56H,6-7,9,11-13,15,18,24-25,27,29,31,33-54H2,1-5H3/p+1/b10-8+,16-14+,19-17+,22-20+,23-21+,28-26+,32-30+. The summed E-state index contributed by atoms with van der Waals surface area (Å²) >= 11 is 0. The van der Waals surface area contributed by atoms with Crippen LogP contribution in [-0.4, -0.2) is 80.6 Å². The third-order valence-electron chi connectivity index (χ3n) is 11.8. The van der Waals surface area contributed by atoms with E-state index in [4.69, 9.17) is 14.2 Å². The van der Waals surface area contributed by atoms with Crippen molar-refractivity contribution in [2.24, 2.45) is 0 Å². The Kier molecular flexibility index (Phi) is 46.4. The van der Waals surface area contributed by atoms with Gasteiger partial charge in [0.25, 0.3) is 0 Å². The molecule has 8 heteroatoms. The van der Waals surface area contributed by atoms with Crippen LogP contribution in [0.3, 0.4) is 0 Å². The number of likely N-dealkylation sites (N-methyl/N-ethyl adjacent to an activating group) is 1. The number of carbonyl (C=O) groups excluding carboxylic acids is 2. The number of carboxylic acids is 1. The zero-order chi connectivity index (χ0) is 49.2. The normalized spacial score (nSPS) is 13.5. The number of carboxylic acid groups (broad SMARTS) is 1. The number of aliphatic carboxylic acids is 1. The SMILES string of the molecule is CC/C=C/C/C=C/C/C=C/C/C=C/C/C=C/CCCCCCCCCC(=O)OCC(COCCC(C(=O)O)[N+](C)(C)C)OC(=O)CCCCCCCCCCCC/C=C/C=C/CCCCCC. The lowest BCUT2D eigenvalue weighted by molar-refractivity contribution is -0.887. The summed E-state index contributed by atoms with van der Waals surface area (Å²) in [5, 5.41) is 9.67. The van der Waals surface area contributed by atoms with Crippen LogP contribution in [0.1, 0.15) is 219 Å². The summed E-state index contributed by atoms with van der Waals surface area (Å²) in [5.74, 6) is -1.49. The van der Waals surface area contributed by atoms with Gasteiger partial charge in [-0.05, 0) is 83.5 Å². The number of hydrogen-bond donors (Lipinski definition) is 1. The van der Waals surface area contributed by atoms with E-state index in [1.807, 2.05) is 21.1 Å². The number of esters is 2. The van der Waals surface area contributed by atoms with E-state index in [2.05, 4.69) is 98.9 Å². The second kappa shape index (κ2) is 48.9. The van der Waals surface area contributed by atoms with E-state index in [1.54, 1.807) is 0 Å². The molecule has 0 aliphatic heterocycles. The lowest BCUT2D eigenvalue weighted by Gasteiger charge is -2.31. The van der Waals surface area contributed by atoms with Crippen molar-refractivity contribution in [3.8, 4) is 0 Å². The molecule has 0 saturated carbocycles. The number of quaternary nitrogens is 1. The minimum atomic E-state index is -0.879. The van der Waals surface area contributed by atoms with Crippen molar-refractivity contribution in [2.45, 2.75) is 231 Å². The molecule has 8 nitrogen and oxygen atoms in total. The summed E-state index contributed by atoms with van der Waals surface area (Å²) in [6.07, 6.45) is 64.9. The lowest BCUT2D eigenvalue weighted by Crippen LogP contribution is -2.50. The van der Waals surface area contributed by atoms with Gasteiger partial charge in [0.1, 0.15) is 6.61 Å². The third-order valence-corrected chi connectivity index (χ3v) is 11.8. The number of carbonyl (C=O) groups is 3. The highest BCUT2D eigenvalue weighted by Gasteiger charge is 2.31. The van der Waals surface area contributed by atoms with Gasteiger partial charge < -0.3 is 23.8 Å². The highest BCUT2D eigenvalue weighted by molar-refractivity contribution is 5.72. The van der Waals surface area contributed by atoms with Gasteiger partial charge in [0, 0.05) is 19.3 Å². The lowest BCUT2D eigenvalue weighted by atomic mass is 10.1. The Morgan fingerprint density at radius 2 is 0.881 bits per heavy atom. The summed E-state index contributed by atoms with van der Waals surface area (Å²) in [6, 6.07) is -0.622. The number of rotatable bonds is 48. The molecule has 1 N–H and O–H groups in total. The van der Waals surface area contributed by atoms with Crippen LogP contribution < -0.4 is 0 Å². The second-order valence-electron chi connectivity index (χ2n) is 19.1. The number of nitrogens with zero attached hydrogens (tertiary/aromatic N) is 1. The predicted octanol–water partition coefficient (Wildman–Crippen LogP) is 16.0. The molecule has 67 heavy (non-hydrogen) atoms. The minimum Gasteiger partial charge on any atom is -0.477 e. The molecule has 2 atom stereocenters. The van der Waals surface area contributed by atoms with Crippen LogP contribution in [0.4, 0.5) is 0 Å². The van der Waals surface area contributed by atoms with E-state index in [1.165, 1.54) is 109 Å². The van der Waals surface area contributed by atoms with Gasteiger partial charge in [0.05, 0.1) is 34.4 Å². The van der Waals surface area contributed by atoms with Crippen molar-refractivity contribution in [3.05, 3.63) is 85.1 Å². The van der Waals surface area contributed by atoms with E-state index in [0.29, 0.717) is 19.3 Å². The van der Waals surface area contributed by atoms with Crippen molar-refractivity contribution in [1.29, 1.82) is 0 Å². The molecule has 0 aliphatic rings. The fourth-order valence-corrected chi connectivity index (χ4v) is 7.64. The van der Waals surface area contributed by atoms with Gasteiger partial charge in [-0.1, -0.05) is 202 Å². The molecule has 0 aromatic carbocycles. The Labute approximate surface area is 412 Å². The van der Waals surface area contributed by atoms with Crippen molar-refractivity contribution >= 4 is 17.9 Å². The molecule has 0 aliphatic carbocycles. The topological polar surface area (TPSA) is 99.1 Å². The average Bonchev–Trinajstić information content (AvgIpc) is 3.29. The Morgan fingerprint density at radius 3 is 1.33 bits per heavy atom. The van der Waals surface area contributed by atoms with Crippen molar-refractivity contribution in [1.82, 2.24) is 0 Å². The fraction of sp³-hybridized carbons (Fsp3) is 0.712. The number of unbranched alkanes of at least 4 members (excludes halogenated alkanes) is 21. The van der Waals surface area contributed by atoms with Gasteiger partial charge in [-0.3, -0.25) is 9.59 Å². The zero-order valence-corrected chi connectivity index (χ0v) is 43.8. The molecule has 0 aromatic rings. The summed E-state index contributed by atoms with van der Waals surface area (Å²) in [4.78, 5) is 37.2. The zero-order valence-electron chi connectivity index (χ0n) is 43.8. The largest absolute Gasteiger partial charge is 0.477 e. The smallest absolute Gasteiger partial charge is 0.362 e. The summed E-state index contributed by atoms with van der Waals surface area (Å²) < 4.78 is 17.4. The van der Waals surface area contributed by atoms with Gasteiger partial charge in [-0.15, -0.1) is 0 Å². The quantitative estimate of drug-likeness (QED) is 0.0213. The molecular formula is C59H102NO7+.